The highest BCUT2D eigenvalue weighted by molar-refractivity contribution is 6.21. The van der Waals surface area contributed by atoms with E-state index in [1.807, 2.05) is 0 Å². The van der Waals surface area contributed by atoms with E-state index < -0.39 is 23.0 Å². The molecule has 4 radical (unpaired) electrons. The van der Waals surface area contributed by atoms with Gasteiger partial charge in [0.1, 0.15) is 17.6 Å². The summed E-state index contributed by atoms with van der Waals surface area (Å²) in [6, 6.07) is 5.03. The molecule has 2 aliphatic rings. The van der Waals surface area contributed by atoms with E-state index in [4.69, 9.17) is 15.7 Å². The molecule has 6 nitrogen and oxygen atoms in total. The summed E-state index contributed by atoms with van der Waals surface area (Å²) in [4.78, 5) is 8.22. The van der Waals surface area contributed by atoms with E-state index >= 15 is 0 Å². The number of benzene rings is 1. The van der Waals surface area contributed by atoms with E-state index in [-0.39, 0.29) is 30.8 Å². The van der Waals surface area contributed by atoms with Crippen molar-refractivity contribution < 1.29 is 13.9 Å². The van der Waals surface area contributed by atoms with Gasteiger partial charge in [0.05, 0.1) is 45.6 Å². The van der Waals surface area contributed by atoms with Crippen molar-refractivity contribution in [3.05, 3.63) is 54.4 Å². The topological polar surface area (TPSA) is 76.7 Å². The summed E-state index contributed by atoms with van der Waals surface area (Å²) in [7, 11) is 12.3. The van der Waals surface area contributed by atoms with Crippen molar-refractivity contribution in [3.8, 4) is 22.8 Å². The molecule has 0 amide bonds. The van der Waals surface area contributed by atoms with E-state index in [0.29, 0.717) is 16.8 Å². The number of imidazole rings is 1. The van der Waals surface area contributed by atoms with Crippen molar-refractivity contribution in [2.45, 2.75) is 42.2 Å². The highest BCUT2D eigenvalue weighted by Gasteiger charge is 2.58. The van der Waals surface area contributed by atoms with Crippen LogP contribution in [0.2, 0.25) is 10.6 Å². The molecule has 2 bridgehead atoms. The number of hydrogen-bond donors (Lipinski definition) is 1. The molecule has 0 saturated heterocycles. The minimum Gasteiger partial charge on any atom is -0.507 e. The van der Waals surface area contributed by atoms with Crippen molar-refractivity contribution in [3.63, 3.8) is 0 Å². The molecule has 2 saturated carbocycles. The number of aromatic nitrogens is 5. The van der Waals surface area contributed by atoms with Gasteiger partial charge in [-0.15, -0.1) is 10.2 Å². The first-order valence-corrected chi connectivity index (χ1v) is 9.85. The number of alkyl halides is 2. The van der Waals surface area contributed by atoms with Gasteiger partial charge in [-0.3, -0.25) is 0 Å². The average molecular weight is 415 g/mol. The number of phenols is 1. The van der Waals surface area contributed by atoms with E-state index in [9.17, 15) is 13.9 Å². The first-order chi connectivity index (χ1) is 14.8. The van der Waals surface area contributed by atoms with Crippen molar-refractivity contribution in [2.75, 3.05) is 0 Å². The maximum absolute atomic E-state index is 15.0. The molecule has 0 unspecified atom stereocenters. The average Bonchev–Trinajstić information content (AvgIpc) is 3.33. The second-order valence-electron chi connectivity index (χ2n) is 8.45. The monoisotopic (exact) mass is 415 g/mol. The van der Waals surface area contributed by atoms with Gasteiger partial charge in [0.15, 0.2) is 5.82 Å². The summed E-state index contributed by atoms with van der Waals surface area (Å²) in [6.07, 6.45) is 5.13. The van der Waals surface area contributed by atoms with E-state index in [0.717, 1.165) is 5.69 Å². The molecule has 4 atom stereocenters. The summed E-state index contributed by atoms with van der Waals surface area (Å²) in [5, 5.41) is 16.1. The highest BCUT2D eigenvalue weighted by atomic mass is 19.1. The Morgan fingerprint density at radius 3 is 2.71 bits per heavy atom. The molecule has 10 heteroatoms. The van der Waals surface area contributed by atoms with Gasteiger partial charge in [-0.25, -0.2) is 18.7 Å². The fraction of sp³-hybridized carbons (Fsp3) is 0.333. The molecule has 1 aromatic carbocycles. The fourth-order valence-corrected chi connectivity index (χ4v) is 4.61. The minimum atomic E-state index is -1.51. The Bertz CT molecular complexity index is 1160. The van der Waals surface area contributed by atoms with Crippen LogP contribution in [0.4, 0.5) is 8.78 Å². The molecule has 3 aromatic rings. The fourth-order valence-electron chi connectivity index (χ4n) is 4.61. The SMILES string of the molecule is [B][C@]12C/C(=C\c3cnc(-c4ccc(-n5ccnc5)cc4O)nn3)[C@H](F)[C@]([B])(C[C@H]1F)C2. The Hall–Kier alpha value is -3.03. The van der Waals surface area contributed by atoms with Gasteiger partial charge >= 0.3 is 0 Å². The Morgan fingerprint density at radius 1 is 1.19 bits per heavy atom. The van der Waals surface area contributed by atoms with Gasteiger partial charge in [-0.2, -0.15) is 0 Å². The zero-order chi connectivity index (χ0) is 21.8. The lowest BCUT2D eigenvalue weighted by atomic mass is 9.51. The number of aromatic hydroxyl groups is 1. The number of halogens is 2. The molecule has 2 aliphatic carbocycles. The normalized spacial score (nSPS) is 31.2. The highest BCUT2D eigenvalue weighted by Crippen LogP contribution is 2.67. The Balaban J connectivity index is 1.41. The summed E-state index contributed by atoms with van der Waals surface area (Å²) < 4.78 is 31.1. The number of rotatable bonds is 3. The molecule has 0 aliphatic heterocycles. The van der Waals surface area contributed by atoms with Crippen LogP contribution in [0.3, 0.4) is 0 Å². The van der Waals surface area contributed by atoms with Crippen molar-refractivity contribution in [1.29, 1.82) is 0 Å². The Kier molecular flexibility index (Phi) is 4.50. The zero-order valence-electron chi connectivity index (χ0n) is 16.5. The molecule has 31 heavy (non-hydrogen) atoms. The van der Waals surface area contributed by atoms with Crippen molar-refractivity contribution in [1.82, 2.24) is 24.7 Å². The van der Waals surface area contributed by atoms with Gasteiger partial charge in [0.25, 0.3) is 0 Å². The van der Waals surface area contributed by atoms with Gasteiger partial charge in [-0.1, -0.05) is 6.42 Å². The largest absolute Gasteiger partial charge is 0.507 e. The molecular weight excluding hydrogens is 398 g/mol. The van der Waals surface area contributed by atoms with E-state index in [1.165, 1.54) is 12.3 Å². The van der Waals surface area contributed by atoms with Gasteiger partial charge in [-0.05, 0) is 47.3 Å². The number of fused-ring (bicyclic) bond motifs is 2. The number of hydrogen-bond acceptors (Lipinski definition) is 5. The smallest absolute Gasteiger partial charge is 0.185 e. The van der Waals surface area contributed by atoms with Gasteiger partial charge in [0, 0.05) is 18.5 Å². The van der Waals surface area contributed by atoms with Crippen LogP contribution in [0.5, 0.6) is 5.75 Å². The second-order valence-corrected chi connectivity index (χ2v) is 8.45. The third-order valence-corrected chi connectivity index (χ3v) is 6.14. The minimum absolute atomic E-state index is 0.0177. The predicted octanol–water partition coefficient (Wildman–Crippen LogP) is 3.34. The zero-order valence-corrected chi connectivity index (χ0v) is 16.5. The van der Waals surface area contributed by atoms with Gasteiger partial charge < -0.3 is 9.67 Å². The van der Waals surface area contributed by atoms with Crippen LogP contribution >= 0.6 is 0 Å². The van der Waals surface area contributed by atoms with Crippen LogP contribution in [0.1, 0.15) is 25.0 Å². The van der Waals surface area contributed by atoms with Crippen molar-refractivity contribution in [2.24, 2.45) is 0 Å². The Labute approximate surface area is 180 Å². The lowest BCUT2D eigenvalue weighted by Gasteiger charge is -2.40. The quantitative estimate of drug-likeness (QED) is 0.665. The second kappa shape index (κ2) is 7.00. The maximum atomic E-state index is 15.0. The third-order valence-electron chi connectivity index (χ3n) is 6.14. The van der Waals surface area contributed by atoms with Crippen LogP contribution in [-0.4, -0.2) is 57.9 Å². The molecule has 1 N–H and O–H groups in total. The summed E-state index contributed by atoms with van der Waals surface area (Å²) in [5.74, 6) is 0.197. The van der Waals surface area contributed by atoms with E-state index in [2.05, 4.69) is 20.2 Å². The molecule has 0 spiro atoms. The van der Waals surface area contributed by atoms with Crippen LogP contribution in [0.25, 0.3) is 23.2 Å². The van der Waals surface area contributed by atoms with Crippen LogP contribution in [-0.2, 0) is 0 Å². The number of phenolic OH excluding ortho intramolecular Hbond substituents is 1. The Morgan fingerprint density at radius 2 is 2.03 bits per heavy atom. The molecule has 2 fully saturated rings. The summed E-state index contributed by atoms with van der Waals surface area (Å²) in [5.41, 5.74) is 1.73. The summed E-state index contributed by atoms with van der Waals surface area (Å²) >= 11 is 0. The summed E-state index contributed by atoms with van der Waals surface area (Å²) in [6.45, 7) is 0. The first-order valence-electron chi connectivity index (χ1n) is 9.85. The van der Waals surface area contributed by atoms with E-state index in [1.54, 1.807) is 41.5 Å². The number of allylic oxidation sites excluding steroid dienone is 1. The molecule has 2 heterocycles. The van der Waals surface area contributed by atoms with Crippen LogP contribution in [0, 0.1) is 0 Å². The van der Waals surface area contributed by atoms with Gasteiger partial charge in [0.2, 0.25) is 0 Å². The predicted molar refractivity (Wildman–Crippen MR) is 113 cm³/mol. The molecule has 152 valence electrons. The molecule has 5 rings (SSSR count). The van der Waals surface area contributed by atoms with Crippen LogP contribution in [0.15, 0.2) is 48.7 Å². The third kappa shape index (κ3) is 3.34. The molecule has 2 aromatic heterocycles. The number of nitrogens with zero attached hydrogens (tertiary/aromatic N) is 5. The maximum Gasteiger partial charge on any atom is 0.185 e. The first kappa shape index (κ1) is 19.9. The lowest BCUT2D eigenvalue weighted by Crippen LogP contribution is -2.32. The standard InChI is InChI=1S/C21H17B2F2N5O/c22-20-7-12(18(25)21(23,10-20)8-17(20)24)5-13-9-27-19(29-28-13)15-2-1-14(6-16(15)31)30-4-3-26-11-30/h1-6,9,11,17-18,31H,7-8,10H2/b12-5+/t17-,18+,20+,21+/m1/s1. The molecular formula is C21H17B2F2N5O. The lowest BCUT2D eigenvalue weighted by molar-refractivity contribution is 0.250. The van der Waals surface area contributed by atoms with Crippen LogP contribution < -0.4 is 0 Å². The van der Waals surface area contributed by atoms with Crippen molar-refractivity contribution >= 4 is 21.8 Å².